The first-order chi connectivity index (χ1) is 11.6. The molecule has 0 unspecified atom stereocenters. The lowest BCUT2D eigenvalue weighted by atomic mass is 9.85. The number of aromatic nitrogens is 4. The molecule has 2 aromatic rings. The fourth-order valence-corrected chi connectivity index (χ4v) is 3.31. The fourth-order valence-electron chi connectivity index (χ4n) is 3.31. The minimum Gasteiger partial charge on any atom is -0.342 e. The van der Waals surface area contributed by atoms with Crippen molar-refractivity contribution in [3.8, 4) is 11.6 Å². The van der Waals surface area contributed by atoms with Crippen molar-refractivity contribution >= 4 is 5.91 Å². The summed E-state index contributed by atoms with van der Waals surface area (Å²) in [7, 11) is 1.91. The highest BCUT2D eigenvalue weighted by atomic mass is 16.5. The largest absolute Gasteiger partial charge is 0.342 e. The van der Waals surface area contributed by atoms with Gasteiger partial charge in [-0.1, -0.05) is 24.9 Å². The number of nitrogens with zero attached hydrogens (tertiary/aromatic N) is 5. The molecule has 128 valence electrons. The predicted octanol–water partition coefficient (Wildman–Crippen LogP) is 2.50. The van der Waals surface area contributed by atoms with Gasteiger partial charge in [0.1, 0.15) is 0 Å². The van der Waals surface area contributed by atoms with E-state index in [-0.39, 0.29) is 5.91 Å². The molecule has 1 fully saturated rings. The van der Waals surface area contributed by atoms with Crippen LogP contribution in [0.15, 0.2) is 23.0 Å². The third-order valence-corrected chi connectivity index (χ3v) is 4.74. The molecular formula is C17H23N5O2. The summed E-state index contributed by atoms with van der Waals surface area (Å²) in [6.45, 7) is 2.23. The Morgan fingerprint density at radius 2 is 2.00 bits per heavy atom. The van der Waals surface area contributed by atoms with Crippen LogP contribution in [0.3, 0.4) is 0 Å². The molecule has 0 aliphatic heterocycles. The first-order valence-electron chi connectivity index (χ1n) is 8.51. The Hall–Kier alpha value is -2.31. The van der Waals surface area contributed by atoms with Crippen molar-refractivity contribution in [1.29, 1.82) is 0 Å². The topological polar surface area (TPSA) is 85.0 Å². The van der Waals surface area contributed by atoms with Gasteiger partial charge in [-0.25, -0.2) is 9.97 Å². The molecule has 7 heteroatoms. The molecule has 3 rings (SSSR count). The van der Waals surface area contributed by atoms with Gasteiger partial charge in [-0.05, 0) is 24.8 Å². The minimum absolute atomic E-state index is 0.129. The lowest BCUT2D eigenvalue weighted by Gasteiger charge is -2.36. The highest BCUT2D eigenvalue weighted by molar-refractivity contribution is 5.76. The normalized spacial score (nSPS) is 20.8. The monoisotopic (exact) mass is 329 g/mol. The molecule has 1 aliphatic rings. The van der Waals surface area contributed by atoms with Crippen molar-refractivity contribution in [2.24, 2.45) is 5.92 Å². The van der Waals surface area contributed by atoms with Crippen LogP contribution >= 0.6 is 0 Å². The molecular weight excluding hydrogens is 306 g/mol. The Kier molecular flexibility index (Phi) is 5.17. The van der Waals surface area contributed by atoms with Crippen molar-refractivity contribution in [3.05, 3.63) is 24.4 Å². The van der Waals surface area contributed by atoms with Crippen molar-refractivity contribution in [2.45, 2.75) is 51.5 Å². The van der Waals surface area contributed by atoms with Crippen LogP contribution in [-0.2, 0) is 11.2 Å². The van der Waals surface area contributed by atoms with Crippen LogP contribution < -0.4 is 0 Å². The van der Waals surface area contributed by atoms with E-state index in [1.54, 1.807) is 18.5 Å². The number of hydrogen-bond donors (Lipinski definition) is 0. The van der Waals surface area contributed by atoms with E-state index < -0.39 is 0 Å². The number of carbonyl (C=O) groups is 1. The smallest absolute Gasteiger partial charge is 0.240 e. The van der Waals surface area contributed by atoms with E-state index in [1.165, 1.54) is 19.3 Å². The van der Waals surface area contributed by atoms with E-state index in [0.717, 1.165) is 6.42 Å². The Labute approximate surface area is 141 Å². The Morgan fingerprint density at radius 3 is 2.75 bits per heavy atom. The summed E-state index contributed by atoms with van der Waals surface area (Å²) in [5.74, 6) is 1.91. The van der Waals surface area contributed by atoms with Crippen molar-refractivity contribution < 1.29 is 9.32 Å². The Balaban J connectivity index is 1.55. The average Bonchev–Trinajstić information content (AvgIpc) is 3.09. The van der Waals surface area contributed by atoms with Crippen LogP contribution in [0.4, 0.5) is 0 Å². The summed E-state index contributed by atoms with van der Waals surface area (Å²) in [6.07, 6.45) is 8.83. The van der Waals surface area contributed by atoms with Crippen LogP contribution in [0, 0.1) is 5.92 Å². The van der Waals surface area contributed by atoms with Crippen LogP contribution in [0.25, 0.3) is 11.6 Å². The summed E-state index contributed by atoms with van der Waals surface area (Å²) in [4.78, 5) is 26.8. The third-order valence-electron chi connectivity index (χ3n) is 4.74. The second kappa shape index (κ2) is 7.51. The number of aryl methyl sites for hydroxylation is 1. The van der Waals surface area contributed by atoms with Gasteiger partial charge in [-0.15, -0.1) is 0 Å². The number of carbonyl (C=O) groups excluding carboxylic acids is 1. The van der Waals surface area contributed by atoms with Gasteiger partial charge < -0.3 is 9.42 Å². The molecule has 1 saturated carbocycles. The lowest BCUT2D eigenvalue weighted by Crippen LogP contribution is -2.42. The molecule has 1 aliphatic carbocycles. The van der Waals surface area contributed by atoms with E-state index in [4.69, 9.17) is 4.52 Å². The number of amides is 1. The molecule has 2 atom stereocenters. The zero-order chi connectivity index (χ0) is 16.9. The minimum atomic E-state index is 0.129. The molecule has 0 saturated heterocycles. The Morgan fingerprint density at radius 1 is 1.25 bits per heavy atom. The SMILES string of the molecule is C[C@@H]1CCCC[C@@H]1N(C)C(=O)CCc1nc(-c2ncccn2)no1. The first-order valence-corrected chi connectivity index (χ1v) is 8.51. The van der Waals surface area contributed by atoms with Gasteiger partial charge in [0.15, 0.2) is 0 Å². The van der Waals surface area contributed by atoms with E-state index >= 15 is 0 Å². The van der Waals surface area contributed by atoms with Gasteiger partial charge in [0.2, 0.25) is 23.4 Å². The van der Waals surface area contributed by atoms with Gasteiger partial charge >= 0.3 is 0 Å². The molecule has 0 aromatic carbocycles. The standard InChI is InChI=1S/C17H23N5O2/c1-12-6-3-4-7-13(12)22(2)15(23)9-8-14-20-17(21-24-14)16-18-10-5-11-19-16/h5,10-13H,3-4,6-9H2,1-2H3/t12-,13+/m1/s1. The van der Waals surface area contributed by atoms with E-state index in [1.807, 2.05) is 11.9 Å². The molecule has 0 bridgehead atoms. The van der Waals surface area contributed by atoms with Gasteiger partial charge in [-0.2, -0.15) is 4.98 Å². The number of hydrogen-bond acceptors (Lipinski definition) is 6. The van der Waals surface area contributed by atoms with Crippen molar-refractivity contribution in [1.82, 2.24) is 25.0 Å². The maximum Gasteiger partial charge on any atom is 0.240 e. The average molecular weight is 329 g/mol. The summed E-state index contributed by atoms with van der Waals surface area (Å²) in [5, 5.41) is 3.88. The van der Waals surface area contributed by atoms with Gasteiger partial charge in [0, 0.05) is 38.3 Å². The lowest BCUT2D eigenvalue weighted by molar-refractivity contribution is -0.133. The zero-order valence-electron chi connectivity index (χ0n) is 14.2. The van der Waals surface area contributed by atoms with Gasteiger partial charge in [0.05, 0.1) is 0 Å². The summed E-state index contributed by atoms with van der Waals surface area (Å²) in [5.41, 5.74) is 0. The second-order valence-electron chi connectivity index (χ2n) is 6.42. The van der Waals surface area contributed by atoms with E-state index in [0.29, 0.717) is 42.3 Å². The second-order valence-corrected chi connectivity index (χ2v) is 6.42. The molecule has 2 heterocycles. The van der Waals surface area contributed by atoms with E-state index in [2.05, 4.69) is 27.0 Å². The summed E-state index contributed by atoms with van der Waals surface area (Å²) >= 11 is 0. The van der Waals surface area contributed by atoms with Crippen LogP contribution in [0.5, 0.6) is 0 Å². The van der Waals surface area contributed by atoms with Crippen molar-refractivity contribution in [3.63, 3.8) is 0 Å². The van der Waals surface area contributed by atoms with Crippen LogP contribution in [0.1, 0.15) is 44.9 Å². The quantitative estimate of drug-likeness (QED) is 0.838. The third kappa shape index (κ3) is 3.77. The molecule has 2 aromatic heterocycles. The molecule has 7 nitrogen and oxygen atoms in total. The highest BCUT2D eigenvalue weighted by Crippen LogP contribution is 2.27. The summed E-state index contributed by atoms with van der Waals surface area (Å²) < 4.78 is 5.20. The fraction of sp³-hybridized carbons (Fsp3) is 0.588. The maximum atomic E-state index is 12.4. The molecule has 1 amide bonds. The highest BCUT2D eigenvalue weighted by Gasteiger charge is 2.27. The molecule has 24 heavy (non-hydrogen) atoms. The zero-order valence-corrected chi connectivity index (χ0v) is 14.2. The van der Waals surface area contributed by atoms with Crippen molar-refractivity contribution in [2.75, 3.05) is 7.05 Å². The van der Waals surface area contributed by atoms with E-state index in [9.17, 15) is 4.79 Å². The molecule has 0 N–H and O–H groups in total. The first kappa shape index (κ1) is 16.5. The maximum absolute atomic E-state index is 12.4. The van der Waals surface area contributed by atoms with Crippen LogP contribution in [0.2, 0.25) is 0 Å². The van der Waals surface area contributed by atoms with Gasteiger partial charge in [-0.3, -0.25) is 4.79 Å². The summed E-state index contributed by atoms with van der Waals surface area (Å²) in [6, 6.07) is 2.08. The Bertz CT molecular complexity index is 673. The van der Waals surface area contributed by atoms with Crippen LogP contribution in [-0.4, -0.2) is 44.0 Å². The van der Waals surface area contributed by atoms with Gasteiger partial charge in [0.25, 0.3) is 0 Å². The predicted molar refractivity (Wildman–Crippen MR) is 87.8 cm³/mol. The number of rotatable bonds is 5. The molecule has 0 spiro atoms. The molecule has 0 radical (unpaired) electrons.